The molecule has 13 heteroatoms. The van der Waals surface area contributed by atoms with Gasteiger partial charge >= 0.3 is 12.3 Å². The van der Waals surface area contributed by atoms with Gasteiger partial charge in [-0.15, -0.1) is 5.06 Å². The van der Waals surface area contributed by atoms with Gasteiger partial charge in [-0.3, -0.25) is 5.32 Å². The van der Waals surface area contributed by atoms with Crippen molar-refractivity contribution in [2.24, 2.45) is 0 Å². The summed E-state index contributed by atoms with van der Waals surface area (Å²) in [7, 11) is 1.51. The number of hydroxylamine groups is 2. The lowest BCUT2D eigenvalue weighted by atomic mass is 10.1. The van der Waals surface area contributed by atoms with Crippen molar-refractivity contribution in [1.82, 2.24) is 20.3 Å². The SMILES string of the molecule is COc1ccnc2sc(NC(=O)ON3CCC(NCc4ccc(F)c(C(F)(F)F)c4)C3)nc12. The molecule has 1 unspecified atom stereocenters. The number of halogens is 4. The number of fused-ring (bicyclic) bond motifs is 1. The van der Waals surface area contributed by atoms with Crippen molar-refractivity contribution in [1.29, 1.82) is 0 Å². The molecule has 1 atom stereocenters. The van der Waals surface area contributed by atoms with Crippen LogP contribution < -0.4 is 15.4 Å². The maximum absolute atomic E-state index is 13.4. The van der Waals surface area contributed by atoms with Crippen molar-refractivity contribution in [2.75, 3.05) is 25.5 Å². The predicted molar refractivity (Wildman–Crippen MR) is 112 cm³/mol. The highest BCUT2D eigenvalue weighted by Crippen LogP contribution is 2.32. The number of thiazole rings is 1. The molecule has 176 valence electrons. The van der Waals surface area contributed by atoms with Crippen LogP contribution in [0.3, 0.4) is 0 Å². The summed E-state index contributed by atoms with van der Waals surface area (Å²) in [5, 5.41) is 7.41. The number of nitrogens with zero attached hydrogens (tertiary/aromatic N) is 3. The van der Waals surface area contributed by atoms with E-state index in [0.717, 1.165) is 12.1 Å². The summed E-state index contributed by atoms with van der Waals surface area (Å²) in [6, 6.07) is 4.45. The van der Waals surface area contributed by atoms with E-state index in [0.29, 0.717) is 46.3 Å². The average Bonchev–Trinajstić information content (AvgIpc) is 3.38. The lowest BCUT2D eigenvalue weighted by molar-refractivity contribution is -0.140. The number of pyridine rings is 1. The smallest absolute Gasteiger partial charge is 0.432 e. The van der Waals surface area contributed by atoms with E-state index >= 15 is 0 Å². The van der Waals surface area contributed by atoms with Crippen LogP contribution in [-0.2, 0) is 17.6 Å². The lowest BCUT2D eigenvalue weighted by Crippen LogP contribution is -2.34. The van der Waals surface area contributed by atoms with Gasteiger partial charge in [0.05, 0.1) is 19.2 Å². The number of alkyl halides is 3. The van der Waals surface area contributed by atoms with E-state index in [2.05, 4.69) is 20.6 Å². The molecule has 0 radical (unpaired) electrons. The third-order valence-electron chi connectivity index (χ3n) is 4.98. The standard InChI is InChI=1S/C20H19F4N5O3S/c1-31-15-4-6-25-17-16(15)27-18(33-17)28-19(30)32-29-7-5-12(10-29)26-9-11-2-3-14(21)13(8-11)20(22,23)24/h2-4,6,8,12,26H,5,7,9-10H2,1H3,(H,27,28,30). The van der Waals surface area contributed by atoms with Crippen LogP contribution in [0.1, 0.15) is 17.5 Å². The first-order chi connectivity index (χ1) is 15.7. The molecule has 1 fully saturated rings. The topological polar surface area (TPSA) is 88.6 Å². The summed E-state index contributed by atoms with van der Waals surface area (Å²) in [6.07, 6.45) is -3.28. The molecule has 8 nitrogen and oxygen atoms in total. The zero-order valence-electron chi connectivity index (χ0n) is 17.3. The van der Waals surface area contributed by atoms with Crippen molar-refractivity contribution in [3.8, 4) is 5.75 Å². The van der Waals surface area contributed by atoms with E-state index < -0.39 is 23.7 Å². The van der Waals surface area contributed by atoms with Crippen LogP contribution in [0.2, 0.25) is 0 Å². The molecule has 0 spiro atoms. The fourth-order valence-corrected chi connectivity index (χ4v) is 4.21. The van der Waals surface area contributed by atoms with E-state index in [1.54, 1.807) is 12.3 Å². The Morgan fingerprint density at radius 2 is 2.15 bits per heavy atom. The number of aromatic nitrogens is 2. The summed E-state index contributed by atoms with van der Waals surface area (Å²) in [6.45, 7) is 0.905. The van der Waals surface area contributed by atoms with Gasteiger partial charge in [-0.2, -0.15) is 13.2 Å². The van der Waals surface area contributed by atoms with Crippen LogP contribution in [0.5, 0.6) is 5.75 Å². The van der Waals surface area contributed by atoms with Crippen LogP contribution in [-0.4, -0.2) is 47.4 Å². The molecule has 1 aliphatic heterocycles. The molecular weight excluding hydrogens is 466 g/mol. The Morgan fingerprint density at radius 1 is 1.33 bits per heavy atom. The Bertz CT molecular complexity index is 1160. The second kappa shape index (κ2) is 9.45. The molecule has 0 saturated carbocycles. The lowest BCUT2D eigenvalue weighted by Gasteiger charge is -2.16. The summed E-state index contributed by atoms with van der Waals surface area (Å²) >= 11 is 1.17. The van der Waals surface area contributed by atoms with Gasteiger partial charge in [0.2, 0.25) is 0 Å². The molecule has 0 aliphatic carbocycles. The average molecular weight is 485 g/mol. The molecule has 0 bridgehead atoms. The molecular formula is C20H19F4N5O3S. The summed E-state index contributed by atoms with van der Waals surface area (Å²) in [5.74, 6) is -0.769. The summed E-state index contributed by atoms with van der Waals surface area (Å²) in [5.41, 5.74) is -0.460. The van der Waals surface area contributed by atoms with Gasteiger partial charge in [0.1, 0.15) is 21.9 Å². The largest absolute Gasteiger partial charge is 0.494 e. The van der Waals surface area contributed by atoms with Crippen LogP contribution in [0.15, 0.2) is 30.5 Å². The third-order valence-corrected chi connectivity index (χ3v) is 5.86. The second-order valence-corrected chi connectivity index (χ2v) is 8.23. The molecule has 33 heavy (non-hydrogen) atoms. The Kier molecular flexibility index (Phi) is 6.63. The van der Waals surface area contributed by atoms with Crippen LogP contribution in [0, 0.1) is 5.82 Å². The maximum Gasteiger partial charge on any atom is 0.432 e. The van der Waals surface area contributed by atoms with Crippen LogP contribution in [0.4, 0.5) is 27.5 Å². The number of rotatable bonds is 6. The predicted octanol–water partition coefficient (Wildman–Crippen LogP) is 4.19. The van der Waals surface area contributed by atoms with E-state index in [-0.39, 0.29) is 12.6 Å². The second-order valence-electron chi connectivity index (χ2n) is 7.26. The third kappa shape index (κ3) is 5.49. The number of carbonyl (C=O) groups is 1. The van der Waals surface area contributed by atoms with Gasteiger partial charge in [-0.1, -0.05) is 17.4 Å². The minimum Gasteiger partial charge on any atom is -0.494 e. The molecule has 1 aromatic carbocycles. The van der Waals surface area contributed by atoms with E-state index in [9.17, 15) is 22.4 Å². The van der Waals surface area contributed by atoms with Gasteiger partial charge in [0, 0.05) is 31.4 Å². The number of hydrogen-bond acceptors (Lipinski definition) is 8. The van der Waals surface area contributed by atoms with Crippen LogP contribution in [0.25, 0.3) is 10.3 Å². The first kappa shape index (κ1) is 23.1. The monoisotopic (exact) mass is 485 g/mol. The van der Waals surface area contributed by atoms with E-state index in [1.807, 2.05) is 0 Å². The van der Waals surface area contributed by atoms with Crippen molar-refractivity contribution < 1.29 is 31.9 Å². The number of anilines is 1. The zero-order chi connectivity index (χ0) is 23.6. The molecule has 2 N–H and O–H groups in total. The highest BCUT2D eigenvalue weighted by molar-refractivity contribution is 7.22. The molecule has 1 saturated heterocycles. The van der Waals surface area contributed by atoms with E-state index in [1.165, 1.54) is 29.6 Å². The van der Waals surface area contributed by atoms with E-state index in [4.69, 9.17) is 9.57 Å². The highest BCUT2D eigenvalue weighted by atomic mass is 32.1. The number of benzene rings is 1. The maximum atomic E-state index is 13.4. The van der Waals surface area contributed by atoms with Gasteiger partial charge < -0.3 is 14.9 Å². The number of ether oxygens (including phenoxy) is 1. The van der Waals surface area contributed by atoms with Crippen molar-refractivity contribution in [3.63, 3.8) is 0 Å². The molecule has 3 aromatic rings. The summed E-state index contributed by atoms with van der Waals surface area (Å²) < 4.78 is 57.2. The Hall–Kier alpha value is -3.03. The quantitative estimate of drug-likeness (QED) is 0.507. The fourth-order valence-electron chi connectivity index (χ4n) is 3.40. The number of carbonyl (C=O) groups excluding carboxylic acids is 1. The number of hydrogen-bond donors (Lipinski definition) is 2. The molecule has 1 aliphatic rings. The molecule has 2 aromatic heterocycles. The number of methoxy groups -OCH3 is 1. The Labute approximate surface area is 189 Å². The van der Waals surface area contributed by atoms with Crippen molar-refractivity contribution in [3.05, 3.63) is 47.4 Å². The first-order valence-electron chi connectivity index (χ1n) is 9.85. The Balaban J connectivity index is 1.28. The van der Waals surface area contributed by atoms with Gasteiger partial charge in [-0.05, 0) is 24.1 Å². The van der Waals surface area contributed by atoms with Gasteiger partial charge in [0.15, 0.2) is 5.13 Å². The number of amides is 1. The zero-order valence-corrected chi connectivity index (χ0v) is 18.1. The van der Waals surface area contributed by atoms with Crippen LogP contribution >= 0.6 is 11.3 Å². The van der Waals surface area contributed by atoms with Crippen molar-refractivity contribution in [2.45, 2.75) is 25.2 Å². The normalized spacial score (nSPS) is 16.8. The number of nitrogens with one attached hydrogen (secondary N) is 2. The van der Waals surface area contributed by atoms with Gasteiger partial charge in [0.25, 0.3) is 0 Å². The molecule has 1 amide bonds. The Morgan fingerprint density at radius 3 is 2.91 bits per heavy atom. The van der Waals surface area contributed by atoms with Crippen molar-refractivity contribution >= 4 is 32.9 Å². The first-order valence-corrected chi connectivity index (χ1v) is 10.7. The molecule has 3 heterocycles. The highest BCUT2D eigenvalue weighted by Gasteiger charge is 2.34. The fraction of sp³-hybridized carbons (Fsp3) is 0.350. The molecule has 4 rings (SSSR count). The minimum atomic E-state index is -4.75. The van der Waals surface area contributed by atoms with Gasteiger partial charge in [-0.25, -0.2) is 19.2 Å². The summed E-state index contributed by atoms with van der Waals surface area (Å²) in [4.78, 5) is 26.6. The minimum absolute atomic E-state index is 0.117.